The lowest BCUT2D eigenvalue weighted by molar-refractivity contribution is 0.0982. The number of Topliss-reactive ketones (excluding diaryl/α,β-unsaturated/α-hetero) is 1. The molecule has 0 saturated carbocycles. The predicted molar refractivity (Wildman–Crippen MR) is 50.6 cm³/mol. The first-order valence-corrected chi connectivity index (χ1v) is 4.13. The van der Waals surface area contributed by atoms with Crippen molar-refractivity contribution in [2.75, 3.05) is 0 Å². The van der Waals surface area contributed by atoms with Gasteiger partial charge in [-0.05, 0) is 0 Å². The normalized spacial score (nSPS) is 9.67. The molecule has 60 valence electrons. The maximum Gasteiger partial charge on any atom is 0.162 e. The fourth-order valence-electron chi connectivity index (χ4n) is 1.03. The number of ketones is 1. The van der Waals surface area contributed by atoms with Crippen LogP contribution in [0.2, 0.25) is 6.32 Å². The fraction of sp³-hybridized carbons (Fsp3) is 0.300. The molecule has 0 spiro atoms. The molecule has 1 nitrogen and oxygen atoms in total. The van der Waals surface area contributed by atoms with Crippen LogP contribution in [0, 0.1) is 0 Å². The Hall–Kier alpha value is -1.05. The molecule has 0 aliphatic heterocycles. The molecule has 0 atom stereocenters. The Kier molecular flexibility index (Phi) is 3.59. The monoisotopic (exact) mass is 158 g/mol. The van der Waals surface area contributed by atoms with E-state index in [0.29, 0.717) is 12.7 Å². The first-order chi connectivity index (χ1) is 5.84. The van der Waals surface area contributed by atoms with Crippen molar-refractivity contribution in [3.05, 3.63) is 35.9 Å². The summed E-state index contributed by atoms with van der Waals surface area (Å²) in [5, 5.41) is 0. The number of hydrogen-bond acceptors (Lipinski definition) is 1. The summed E-state index contributed by atoms with van der Waals surface area (Å²) in [7, 11) is 5.30. The van der Waals surface area contributed by atoms with Crippen LogP contribution in [0.1, 0.15) is 23.2 Å². The summed E-state index contributed by atoms with van der Waals surface area (Å²) < 4.78 is 0. The third kappa shape index (κ3) is 2.53. The van der Waals surface area contributed by atoms with Crippen molar-refractivity contribution in [1.29, 1.82) is 0 Å². The van der Waals surface area contributed by atoms with E-state index in [-0.39, 0.29) is 5.78 Å². The molecule has 0 saturated heterocycles. The quantitative estimate of drug-likeness (QED) is 0.485. The van der Waals surface area contributed by atoms with Crippen LogP contribution < -0.4 is 0 Å². The number of rotatable bonds is 4. The molecule has 12 heavy (non-hydrogen) atoms. The van der Waals surface area contributed by atoms with Gasteiger partial charge in [0, 0.05) is 12.0 Å². The van der Waals surface area contributed by atoms with Crippen LogP contribution in [0.4, 0.5) is 0 Å². The van der Waals surface area contributed by atoms with Gasteiger partial charge in [0.1, 0.15) is 0 Å². The van der Waals surface area contributed by atoms with Crippen LogP contribution in [-0.4, -0.2) is 13.6 Å². The Morgan fingerprint density at radius 3 is 2.50 bits per heavy atom. The first-order valence-electron chi connectivity index (χ1n) is 4.13. The summed E-state index contributed by atoms with van der Waals surface area (Å²) in [6, 6.07) is 9.31. The van der Waals surface area contributed by atoms with Crippen LogP contribution in [0.25, 0.3) is 0 Å². The van der Waals surface area contributed by atoms with Gasteiger partial charge in [0.25, 0.3) is 0 Å². The summed E-state index contributed by atoms with van der Waals surface area (Å²) in [5.41, 5.74) is 0.783. The van der Waals surface area contributed by atoms with E-state index >= 15 is 0 Å². The zero-order valence-electron chi connectivity index (χ0n) is 6.99. The van der Waals surface area contributed by atoms with Crippen molar-refractivity contribution in [1.82, 2.24) is 0 Å². The van der Waals surface area contributed by atoms with Gasteiger partial charge in [-0.3, -0.25) is 4.79 Å². The smallest absolute Gasteiger partial charge is 0.162 e. The summed E-state index contributed by atoms with van der Waals surface area (Å²) in [6.07, 6.45) is 1.91. The van der Waals surface area contributed by atoms with Crippen molar-refractivity contribution in [2.45, 2.75) is 19.2 Å². The topological polar surface area (TPSA) is 17.1 Å². The maximum absolute atomic E-state index is 11.3. The molecule has 1 aromatic carbocycles. The highest BCUT2D eigenvalue weighted by Gasteiger charge is 2.02. The molecule has 0 bridgehead atoms. The van der Waals surface area contributed by atoms with Gasteiger partial charge in [-0.2, -0.15) is 0 Å². The Labute approximate surface area is 74.2 Å². The lowest BCUT2D eigenvalue weighted by atomic mass is 9.97. The van der Waals surface area contributed by atoms with E-state index in [1.54, 1.807) is 0 Å². The standard InChI is InChI=1S/C10H11BO/c11-8-4-7-10(12)9-5-2-1-3-6-9/h1-3,5-6H,4,7-8H2. The molecule has 0 aromatic heterocycles. The SMILES string of the molecule is [B]CCCC(=O)c1ccccc1. The van der Waals surface area contributed by atoms with Crippen LogP contribution in [0.3, 0.4) is 0 Å². The van der Waals surface area contributed by atoms with Gasteiger partial charge < -0.3 is 0 Å². The minimum atomic E-state index is 0.182. The van der Waals surface area contributed by atoms with Gasteiger partial charge in [0.05, 0.1) is 7.85 Å². The lowest BCUT2D eigenvalue weighted by Gasteiger charge is -1.97. The van der Waals surface area contributed by atoms with Crippen LogP contribution in [0.15, 0.2) is 30.3 Å². The highest BCUT2D eigenvalue weighted by Crippen LogP contribution is 2.05. The molecule has 0 unspecified atom stereocenters. The predicted octanol–water partition coefficient (Wildman–Crippen LogP) is 2.24. The van der Waals surface area contributed by atoms with Gasteiger partial charge in [-0.25, -0.2) is 0 Å². The van der Waals surface area contributed by atoms with Crippen molar-refractivity contribution in [3.8, 4) is 0 Å². The average molecular weight is 158 g/mol. The van der Waals surface area contributed by atoms with Gasteiger partial charge in [0.2, 0.25) is 0 Å². The van der Waals surface area contributed by atoms with E-state index in [9.17, 15) is 4.79 Å². The molecular formula is C10H11BO. The molecule has 0 aliphatic rings. The van der Waals surface area contributed by atoms with E-state index in [1.165, 1.54) is 0 Å². The van der Waals surface area contributed by atoms with Gasteiger partial charge >= 0.3 is 0 Å². The molecule has 0 fully saturated rings. The highest BCUT2D eigenvalue weighted by molar-refractivity contribution is 6.08. The molecule has 1 rings (SSSR count). The van der Waals surface area contributed by atoms with Crippen molar-refractivity contribution < 1.29 is 4.79 Å². The van der Waals surface area contributed by atoms with E-state index in [1.807, 2.05) is 30.3 Å². The summed E-state index contributed by atoms with van der Waals surface area (Å²) in [6.45, 7) is 0. The molecule has 0 amide bonds. The second-order valence-electron chi connectivity index (χ2n) is 2.68. The number of carbonyl (C=O) groups is 1. The van der Waals surface area contributed by atoms with E-state index in [2.05, 4.69) is 0 Å². The van der Waals surface area contributed by atoms with Gasteiger partial charge in [-0.1, -0.05) is 43.1 Å². The largest absolute Gasteiger partial charge is 0.294 e. The summed E-state index contributed by atoms with van der Waals surface area (Å²) >= 11 is 0. The molecule has 2 heteroatoms. The Morgan fingerprint density at radius 1 is 1.25 bits per heavy atom. The number of benzene rings is 1. The third-order valence-electron chi connectivity index (χ3n) is 1.70. The maximum atomic E-state index is 11.3. The molecule has 0 aliphatic carbocycles. The van der Waals surface area contributed by atoms with Gasteiger partial charge in [0.15, 0.2) is 5.78 Å². The zero-order valence-corrected chi connectivity index (χ0v) is 6.99. The average Bonchev–Trinajstić information content (AvgIpc) is 2.15. The van der Waals surface area contributed by atoms with E-state index in [4.69, 9.17) is 7.85 Å². The molecule has 2 radical (unpaired) electrons. The van der Waals surface area contributed by atoms with Crippen LogP contribution in [0.5, 0.6) is 0 Å². The fourth-order valence-corrected chi connectivity index (χ4v) is 1.03. The van der Waals surface area contributed by atoms with Gasteiger partial charge in [-0.15, -0.1) is 0 Å². The minimum Gasteiger partial charge on any atom is -0.294 e. The Morgan fingerprint density at radius 2 is 1.92 bits per heavy atom. The van der Waals surface area contributed by atoms with Crippen molar-refractivity contribution >= 4 is 13.6 Å². The lowest BCUT2D eigenvalue weighted by Crippen LogP contribution is -1.97. The van der Waals surface area contributed by atoms with E-state index < -0.39 is 0 Å². The summed E-state index contributed by atoms with van der Waals surface area (Å²) in [5.74, 6) is 0.182. The molecule has 0 heterocycles. The molecular weight excluding hydrogens is 147 g/mol. The zero-order chi connectivity index (χ0) is 8.81. The van der Waals surface area contributed by atoms with Crippen LogP contribution >= 0.6 is 0 Å². The van der Waals surface area contributed by atoms with E-state index in [0.717, 1.165) is 12.0 Å². The van der Waals surface area contributed by atoms with Crippen molar-refractivity contribution in [3.63, 3.8) is 0 Å². The first kappa shape index (κ1) is 9.05. The third-order valence-corrected chi connectivity index (χ3v) is 1.70. The minimum absolute atomic E-state index is 0.182. The molecule has 1 aromatic rings. The molecule has 0 N–H and O–H groups in total. The number of hydrogen-bond donors (Lipinski definition) is 0. The van der Waals surface area contributed by atoms with Crippen molar-refractivity contribution in [2.24, 2.45) is 0 Å². The second kappa shape index (κ2) is 4.76. The summed E-state index contributed by atoms with van der Waals surface area (Å²) in [4.78, 5) is 11.3. The second-order valence-corrected chi connectivity index (χ2v) is 2.68. The van der Waals surface area contributed by atoms with Crippen LogP contribution in [-0.2, 0) is 0 Å². The Bertz CT molecular complexity index is 243. The highest BCUT2D eigenvalue weighted by atomic mass is 16.1. The Balaban J connectivity index is 2.54. The number of carbonyl (C=O) groups excluding carboxylic acids is 1.